The summed E-state index contributed by atoms with van der Waals surface area (Å²) in [4.78, 5) is 28.0. The Morgan fingerprint density at radius 3 is 2.30 bits per heavy atom. The van der Waals surface area contributed by atoms with Gasteiger partial charge in [0.1, 0.15) is 11.8 Å². The monoisotopic (exact) mass is 531 g/mol. The molecule has 204 valence electrons. The molecule has 0 heterocycles. The summed E-state index contributed by atoms with van der Waals surface area (Å²) in [5.74, 6) is 0.286. The van der Waals surface area contributed by atoms with Crippen molar-refractivity contribution in [1.82, 2.24) is 10.2 Å². The Hall–Kier alpha value is -3.07. The van der Waals surface area contributed by atoms with Gasteiger partial charge in [-0.3, -0.25) is 13.9 Å². The molecule has 2 aromatic carbocycles. The van der Waals surface area contributed by atoms with Gasteiger partial charge in [-0.2, -0.15) is 0 Å². The predicted molar refractivity (Wildman–Crippen MR) is 148 cm³/mol. The second-order valence-corrected chi connectivity index (χ2v) is 11.3. The number of sulfonamides is 1. The number of hydrogen-bond acceptors (Lipinski definition) is 5. The average Bonchev–Trinajstić information content (AvgIpc) is 2.83. The molecule has 0 aliphatic rings. The third kappa shape index (κ3) is 9.07. The summed E-state index contributed by atoms with van der Waals surface area (Å²) in [7, 11) is -1.96. The standard InChI is InChI=1S/C28H41N3O5S/c1-7-14-29-28(33)26(8-2)30(20-23-11-9-12-25(19-23)36-5)27(32)13-10-15-31(37(6,34)35)24-17-21(3)16-22(4)18-24/h9,11-12,16-19,26H,7-8,10,13-15,20H2,1-6H3,(H,29,33)/t26-/m0/s1. The Balaban J connectivity index is 2.25. The first-order valence-corrected chi connectivity index (χ1v) is 14.6. The Bertz CT molecular complexity index is 1150. The maximum absolute atomic E-state index is 13.5. The highest BCUT2D eigenvalue weighted by Gasteiger charge is 2.28. The molecule has 0 fully saturated rings. The fourth-order valence-electron chi connectivity index (χ4n) is 4.35. The number of rotatable bonds is 14. The molecule has 2 amide bonds. The number of methoxy groups -OCH3 is 1. The molecule has 0 bridgehead atoms. The Morgan fingerprint density at radius 1 is 1.05 bits per heavy atom. The van der Waals surface area contributed by atoms with Crippen molar-refractivity contribution in [1.29, 1.82) is 0 Å². The molecule has 8 nitrogen and oxygen atoms in total. The summed E-state index contributed by atoms with van der Waals surface area (Å²) in [5, 5.41) is 2.91. The van der Waals surface area contributed by atoms with Crippen molar-refractivity contribution in [2.24, 2.45) is 0 Å². The number of carbonyl (C=O) groups excluding carboxylic acids is 2. The molecule has 0 spiro atoms. The second-order valence-electron chi connectivity index (χ2n) is 9.37. The zero-order chi connectivity index (χ0) is 27.6. The van der Waals surface area contributed by atoms with E-state index in [4.69, 9.17) is 4.74 Å². The van der Waals surface area contributed by atoms with Crippen LogP contribution in [0.25, 0.3) is 0 Å². The van der Waals surface area contributed by atoms with Crippen molar-refractivity contribution in [3.63, 3.8) is 0 Å². The lowest BCUT2D eigenvalue weighted by Gasteiger charge is -2.31. The minimum Gasteiger partial charge on any atom is -0.497 e. The molecule has 0 saturated carbocycles. The van der Waals surface area contributed by atoms with Gasteiger partial charge < -0.3 is 15.0 Å². The lowest BCUT2D eigenvalue weighted by Crippen LogP contribution is -2.49. The number of ether oxygens (including phenoxy) is 1. The van der Waals surface area contributed by atoms with Crippen LogP contribution in [0.4, 0.5) is 5.69 Å². The normalized spacial score (nSPS) is 12.1. The van der Waals surface area contributed by atoms with Crippen LogP contribution in [0.3, 0.4) is 0 Å². The molecule has 1 N–H and O–H groups in total. The number of hydrogen-bond donors (Lipinski definition) is 1. The van der Waals surface area contributed by atoms with Crippen LogP contribution in [-0.2, 0) is 26.2 Å². The van der Waals surface area contributed by atoms with Crippen LogP contribution in [0, 0.1) is 13.8 Å². The van der Waals surface area contributed by atoms with Crippen molar-refractivity contribution in [3.8, 4) is 5.75 Å². The topological polar surface area (TPSA) is 96.0 Å². The third-order valence-corrected chi connectivity index (χ3v) is 7.26. The van der Waals surface area contributed by atoms with Crippen LogP contribution in [0.5, 0.6) is 5.75 Å². The fraction of sp³-hybridized carbons (Fsp3) is 0.500. The van der Waals surface area contributed by atoms with E-state index in [1.54, 1.807) is 12.0 Å². The smallest absolute Gasteiger partial charge is 0.242 e. The van der Waals surface area contributed by atoms with Crippen LogP contribution < -0.4 is 14.4 Å². The Morgan fingerprint density at radius 2 is 1.73 bits per heavy atom. The van der Waals surface area contributed by atoms with Gasteiger partial charge in [-0.05, 0) is 74.1 Å². The number of aryl methyl sites for hydroxylation is 2. The van der Waals surface area contributed by atoms with Gasteiger partial charge >= 0.3 is 0 Å². The number of nitrogens with zero attached hydrogens (tertiary/aromatic N) is 2. The summed E-state index contributed by atoms with van der Waals surface area (Å²) in [6, 6.07) is 12.4. The Kier molecular flexibility index (Phi) is 11.4. The molecule has 0 unspecified atom stereocenters. The van der Waals surface area contributed by atoms with Crippen LogP contribution in [0.1, 0.15) is 56.2 Å². The molecule has 2 aromatic rings. The summed E-state index contributed by atoms with van der Waals surface area (Å²) < 4.78 is 31.8. The SMILES string of the molecule is CCCNC(=O)[C@H](CC)N(Cc1cccc(OC)c1)C(=O)CCCN(c1cc(C)cc(C)c1)S(C)(=O)=O. The summed E-state index contributed by atoms with van der Waals surface area (Å²) >= 11 is 0. The largest absolute Gasteiger partial charge is 0.497 e. The quantitative estimate of drug-likeness (QED) is 0.394. The number of amides is 2. The van der Waals surface area contributed by atoms with Crippen molar-refractivity contribution in [3.05, 3.63) is 59.2 Å². The number of benzene rings is 2. The molecule has 2 rings (SSSR count). The molecule has 0 aromatic heterocycles. The highest BCUT2D eigenvalue weighted by molar-refractivity contribution is 7.92. The molecule has 37 heavy (non-hydrogen) atoms. The minimum atomic E-state index is -3.54. The van der Waals surface area contributed by atoms with Gasteiger partial charge in [-0.15, -0.1) is 0 Å². The number of nitrogens with one attached hydrogen (secondary N) is 1. The van der Waals surface area contributed by atoms with Gasteiger partial charge in [-0.25, -0.2) is 8.42 Å². The van der Waals surface area contributed by atoms with Crippen LogP contribution >= 0.6 is 0 Å². The van der Waals surface area contributed by atoms with Gasteiger partial charge in [0.05, 0.1) is 19.1 Å². The van der Waals surface area contributed by atoms with Crippen molar-refractivity contribution >= 4 is 27.5 Å². The van der Waals surface area contributed by atoms with Gasteiger partial charge in [0, 0.05) is 26.1 Å². The van der Waals surface area contributed by atoms with E-state index in [1.165, 1.54) is 10.6 Å². The van der Waals surface area contributed by atoms with Gasteiger partial charge in [0.2, 0.25) is 21.8 Å². The van der Waals surface area contributed by atoms with E-state index in [0.29, 0.717) is 30.8 Å². The van der Waals surface area contributed by atoms with Gasteiger partial charge in [0.25, 0.3) is 0 Å². The van der Waals surface area contributed by atoms with E-state index in [-0.39, 0.29) is 31.3 Å². The molecular weight excluding hydrogens is 490 g/mol. The maximum atomic E-state index is 13.5. The summed E-state index contributed by atoms with van der Waals surface area (Å²) in [5.41, 5.74) is 3.37. The summed E-state index contributed by atoms with van der Waals surface area (Å²) in [6.07, 6.45) is 2.86. The van der Waals surface area contributed by atoms with Crippen LogP contribution in [0.15, 0.2) is 42.5 Å². The lowest BCUT2D eigenvalue weighted by molar-refractivity contribution is -0.141. The number of carbonyl (C=O) groups is 2. The molecule has 0 aliphatic heterocycles. The highest BCUT2D eigenvalue weighted by atomic mass is 32.2. The van der Waals surface area contributed by atoms with E-state index >= 15 is 0 Å². The molecule has 0 saturated heterocycles. The van der Waals surface area contributed by atoms with E-state index in [2.05, 4.69) is 5.32 Å². The van der Waals surface area contributed by atoms with Crippen LogP contribution in [0.2, 0.25) is 0 Å². The molecule has 0 aliphatic carbocycles. The molecule has 9 heteroatoms. The van der Waals surface area contributed by atoms with E-state index in [0.717, 1.165) is 23.1 Å². The van der Waals surface area contributed by atoms with Crippen molar-refractivity contribution in [2.75, 3.05) is 30.8 Å². The van der Waals surface area contributed by atoms with Gasteiger partial charge in [-0.1, -0.05) is 32.0 Å². The first kappa shape index (κ1) is 30.2. The second kappa shape index (κ2) is 14.0. The zero-order valence-corrected chi connectivity index (χ0v) is 23.7. The molecule has 0 radical (unpaired) electrons. The molecular formula is C28H41N3O5S. The zero-order valence-electron chi connectivity index (χ0n) is 22.9. The van der Waals surface area contributed by atoms with Crippen molar-refractivity contribution in [2.45, 2.75) is 66.0 Å². The number of anilines is 1. The summed E-state index contributed by atoms with van der Waals surface area (Å²) in [6.45, 7) is 8.66. The molecule has 1 atom stereocenters. The fourth-order valence-corrected chi connectivity index (χ4v) is 5.30. The maximum Gasteiger partial charge on any atom is 0.242 e. The van der Waals surface area contributed by atoms with Gasteiger partial charge in [0.15, 0.2) is 0 Å². The highest BCUT2D eigenvalue weighted by Crippen LogP contribution is 2.23. The Labute approximate surface area is 222 Å². The first-order chi connectivity index (χ1) is 17.5. The van der Waals surface area contributed by atoms with E-state index in [9.17, 15) is 18.0 Å². The lowest BCUT2D eigenvalue weighted by atomic mass is 10.1. The van der Waals surface area contributed by atoms with E-state index < -0.39 is 16.1 Å². The third-order valence-electron chi connectivity index (χ3n) is 6.07. The van der Waals surface area contributed by atoms with Crippen LogP contribution in [-0.4, -0.2) is 57.6 Å². The minimum absolute atomic E-state index is 0.109. The predicted octanol–water partition coefficient (Wildman–Crippen LogP) is 4.19. The van der Waals surface area contributed by atoms with E-state index in [1.807, 2.05) is 70.2 Å². The average molecular weight is 532 g/mol. The van der Waals surface area contributed by atoms with Crippen molar-refractivity contribution < 1.29 is 22.7 Å². The first-order valence-electron chi connectivity index (χ1n) is 12.8.